The van der Waals surface area contributed by atoms with Gasteiger partial charge in [0.05, 0.1) is 17.1 Å². The Hall–Kier alpha value is -3.86. The van der Waals surface area contributed by atoms with Crippen LogP contribution in [0, 0.1) is 17.6 Å². The van der Waals surface area contributed by atoms with E-state index in [-0.39, 0.29) is 24.3 Å². The van der Waals surface area contributed by atoms with Gasteiger partial charge >= 0.3 is 0 Å². The van der Waals surface area contributed by atoms with Crippen LogP contribution in [0.15, 0.2) is 65.9 Å². The first-order valence-corrected chi connectivity index (χ1v) is 12.1. The van der Waals surface area contributed by atoms with Gasteiger partial charge in [0.25, 0.3) is 5.91 Å². The summed E-state index contributed by atoms with van der Waals surface area (Å²) in [6, 6.07) is 13.2. The van der Waals surface area contributed by atoms with Crippen LogP contribution in [0.1, 0.15) is 22.8 Å². The van der Waals surface area contributed by atoms with E-state index in [4.69, 9.17) is 0 Å². The van der Waals surface area contributed by atoms with Gasteiger partial charge in [-0.25, -0.2) is 18.7 Å². The van der Waals surface area contributed by atoms with Crippen molar-refractivity contribution in [2.24, 2.45) is 10.9 Å². The van der Waals surface area contributed by atoms with Crippen molar-refractivity contribution in [3.8, 4) is 0 Å². The number of aromatic nitrogens is 2. The summed E-state index contributed by atoms with van der Waals surface area (Å²) in [6.07, 6.45) is 2.17. The molecule has 5 rings (SSSR count). The zero-order chi connectivity index (χ0) is 25.3. The van der Waals surface area contributed by atoms with E-state index in [0.717, 1.165) is 12.4 Å². The summed E-state index contributed by atoms with van der Waals surface area (Å²) in [5, 5.41) is 5.93. The van der Waals surface area contributed by atoms with Crippen LogP contribution in [0.25, 0.3) is 0 Å². The first kappa shape index (κ1) is 23.9. The Kier molecular flexibility index (Phi) is 6.40. The average molecular weight is 509 g/mol. The molecule has 0 aliphatic carbocycles. The third-order valence-corrected chi connectivity index (χ3v) is 7.62. The molecule has 3 aromatic rings. The Morgan fingerprint density at radius 3 is 2.56 bits per heavy atom. The van der Waals surface area contributed by atoms with Crippen LogP contribution in [0.4, 0.5) is 20.4 Å². The number of amides is 2. The summed E-state index contributed by atoms with van der Waals surface area (Å²) in [4.78, 5) is 39.1. The fraction of sp³-hybridized carbons (Fsp3) is 0.240. The highest BCUT2D eigenvalue weighted by Gasteiger charge is 2.53. The van der Waals surface area contributed by atoms with Gasteiger partial charge in [-0.05, 0) is 30.3 Å². The van der Waals surface area contributed by atoms with Gasteiger partial charge in [0.15, 0.2) is 11.0 Å². The number of nitrogens with zero attached hydrogens (tertiary/aromatic N) is 4. The summed E-state index contributed by atoms with van der Waals surface area (Å²) in [5.41, 5.74) is 1.31. The second-order valence-corrected chi connectivity index (χ2v) is 9.93. The molecule has 1 aromatic heterocycles. The highest BCUT2D eigenvalue weighted by molar-refractivity contribution is 8.14. The van der Waals surface area contributed by atoms with Crippen molar-refractivity contribution in [1.82, 2.24) is 15.3 Å². The van der Waals surface area contributed by atoms with Gasteiger partial charge in [-0.15, -0.1) is 0 Å². The van der Waals surface area contributed by atoms with Crippen molar-refractivity contribution in [2.75, 3.05) is 29.9 Å². The third kappa shape index (κ3) is 4.66. The molecule has 0 spiro atoms. The Balaban J connectivity index is 1.51. The Morgan fingerprint density at radius 2 is 1.83 bits per heavy atom. The van der Waals surface area contributed by atoms with Crippen molar-refractivity contribution in [1.29, 1.82) is 0 Å². The largest absolute Gasteiger partial charge is 0.339 e. The molecule has 8 nitrogen and oxygen atoms in total. The van der Waals surface area contributed by atoms with Crippen LogP contribution in [-0.2, 0) is 9.54 Å². The molecular weight excluding hydrogens is 486 g/mol. The number of halogens is 2. The van der Waals surface area contributed by atoms with Gasteiger partial charge in [0.2, 0.25) is 11.9 Å². The summed E-state index contributed by atoms with van der Waals surface area (Å²) < 4.78 is 28.0. The Bertz CT molecular complexity index is 1340. The molecule has 2 aliphatic rings. The number of carbonyl (C=O) groups excluding carboxylic acids is 2. The van der Waals surface area contributed by atoms with Gasteiger partial charge in [0.1, 0.15) is 5.82 Å². The maximum atomic E-state index is 15.4. The van der Waals surface area contributed by atoms with E-state index in [9.17, 15) is 14.0 Å². The predicted octanol–water partition coefficient (Wildman–Crippen LogP) is 3.58. The topological polar surface area (TPSA) is 99.6 Å². The lowest BCUT2D eigenvalue weighted by Gasteiger charge is -2.37. The number of aliphatic imine (C=N–C) groups is 1. The molecule has 1 fully saturated rings. The molecule has 0 radical (unpaired) electrons. The molecule has 0 saturated carbocycles. The van der Waals surface area contributed by atoms with E-state index in [1.165, 1.54) is 30.8 Å². The summed E-state index contributed by atoms with van der Waals surface area (Å²) in [7, 11) is 0. The van der Waals surface area contributed by atoms with E-state index in [2.05, 4.69) is 25.6 Å². The maximum absolute atomic E-state index is 15.4. The van der Waals surface area contributed by atoms with Gasteiger partial charge in [-0.1, -0.05) is 30.0 Å². The lowest BCUT2D eigenvalue weighted by molar-refractivity contribution is -0.114. The molecule has 2 atom stereocenters. The molecule has 2 amide bonds. The lowest BCUT2D eigenvalue weighted by atomic mass is 9.87. The Labute approximate surface area is 210 Å². The van der Waals surface area contributed by atoms with Crippen LogP contribution in [0.5, 0.6) is 0 Å². The predicted molar refractivity (Wildman–Crippen MR) is 134 cm³/mol. The smallest absolute Gasteiger partial charge is 0.257 e. The Morgan fingerprint density at radius 1 is 1.08 bits per heavy atom. The quantitative estimate of drug-likeness (QED) is 0.559. The number of hydrogen-bond donors (Lipinski definition) is 2. The molecule has 36 heavy (non-hydrogen) atoms. The monoisotopic (exact) mass is 508 g/mol. The molecule has 2 aliphatic heterocycles. The van der Waals surface area contributed by atoms with Gasteiger partial charge in [-0.2, -0.15) is 0 Å². The lowest BCUT2D eigenvalue weighted by Crippen LogP contribution is -2.43. The first-order valence-electron chi connectivity index (χ1n) is 11.2. The number of rotatable bonds is 4. The van der Waals surface area contributed by atoms with E-state index < -0.39 is 16.4 Å². The summed E-state index contributed by atoms with van der Waals surface area (Å²) in [6.45, 7) is 2.44. The van der Waals surface area contributed by atoms with E-state index in [1.54, 1.807) is 30.3 Å². The van der Waals surface area contributed by atoms with Gasteiger partial charge in [0, 0.05) is 49.3 Å². The number of fused-ring (bicyclic) bond motifs is 1. The van der Waals surface area contributed by atoms with Gasteiger partial charge in [-0.3, -0.25) is 14.6 Å². The van der Waals surface area contributed by atoms with Gasteiger partial charge < -0.3 is 15.5 Å². The number of carbonyl (C=O) groups is 2. The van der Waals surface area contributed by atoms with Crippen LogP contribution >= 0.6 is 11.8 Å². The molecule has 2 N–H and O–H groups in total. The second kappa shape index (κ2) is 9.65. The molecule has 0 unspecified atom stereocenters. The molecule has 11 heteroatoms. The number of anilines is 2. The number of thioether (sulfide) groups is 1. The summed E-state index contributed by atoms with van der Waals surface area (Å²) >= 11 is 1.26. The molecule has 2 aromatic carbocycles. The van der Waals surface area contributed by atoms with Crippen LogP contribution < -0.4 is 15.5 Å². The SMILES string of the molecule is CC(=O)Nc1ccc(F)c([C@]23CN(c4ncc(F)cn4)C[C@@H]2CN=C(NC(=O)c2ccccc2)S3)c1. The third-order valence-electron chi connectivity index (χ3n) is 6.15. The average Bonchev–Trinajstić information content (AvgIpc) is 3.26. The normalized spacial score (nSPS) is 20.9. The number of amidine groups is 1. The molecular formula is C25H22F2N6O2S. The van der Waals surface area contributed by atoms with Crippen molar-refractivity contribution in [3.05, 3.63) is 83.7 Å². The minimum atomic E-state index is -0.878. The summed E-state index contributed by atoms with van der Waals surface area (Å²) in [5.74, 6) is -1.45. The fourth-order valence-electron chi connectivity index (χ4n) is 4.55. The van der Waals surface area contributed by atoms with Crippen LogP contribution in [-0.4, -0.2) is 46.6 Å². The van der Waals surface area contributed by atoms with Crippen LogP contribution in [0.2, 0.25) is 0 Å². The van der Waals surface area contributed by atoms with Crippen molar-refractivity contribution in [2.45, 2.75) is 11.7 Å². The van der Waals surface area contributed by atoms with Crippen LogP contribution in [0.3, 0.4) is 0 Å². The highest BCUT2D eigenvalue weighted by Crippen LogP contribution is 2.52. The van der Waals surface area contributed by atoms with E-state index >= 15 is 4.39 Å². The number of nitrogens with one attached hydrogen (secondary N) is 2. The van der Waals surface area contributed by atoms with E-state index in [1.807, 2.05) is 11.0 Å². The zero-order valence-corrected chi connectivity index (χ0v) is 20.1. The number of benzene rings is 2. The molecule has 3 heterocycles. The highest BCUT2D eigenvalue weighted by atomic mass is 32.2. The maximum Gasteiger partial charge on any atom is 0.257 e. The molecule has 0 bridgehead atoms. The first-order chi connectivity index (χ1) is 17.3. The number of hydrogen-bond acceptors (Lipinski definition) is 7. The standard InChI is InChI=1S/C25H22F2N6O2S/c1-15(34)31-19-7-8-21(27)20(9-19)25-14-33(23-28-11-18(26)12-29-23)13-17(25)10-30-24(36-25)32-22(35)16-5-3-2-4-6-16/h2-9,11-12,17H,10,13-14H2,1H3,(H,31,34)(H,30,32,35)/t17-,25-/m0/s1. The van der Waals surface area contributed by atoms with Crippen molar-refractivity contribution < 1.29 is 18.4 Å². The minimum Gasteiger partial charge on any atom is -0.339 e. The molecule has 1 saturated heterocycles. The van der Waals surface area contributed by atoms with Crippen molar-refractivity contribution >= 4 is 40.4 Å². The fourth-order valence-corrected chi connectivity index (χ4v) is 5.98. The van der Waals surface area contributed by atoms with Crippen molar-refractivity contribution in [3.63, 3.8) is 0 Å². The van der Waals surface area contributed by atoms with E-state index in [0.29, 0.717) is 41.0 Å². The minimum absolute atomic E-state index is 0.171. The second-order valence-electron chi connectivity index (χ2n) is 8.61. The zero-order valence-electron chi connectivity index (χ0n) is 19.2. The molecule has 184 valence electrons.